The third-order valence-corrected chi connectivity index (χ3v) is 2.94. The van der Waals surface area contributed by atoms with Gasteiger partial charge in [0.1, 0.15) is 5.69 Å². The number of nitro groups is 1. The molecule has 21 heavy (non-hydrogen) atoms. The minimum atomic E-state index is -1.21. The smallest absolute Gasteiger partial charge is 0.335 e. The first kappa shape index (κ1) is 14.4. The molecule has 0 radical (unpaired) electrons. The monoisotopic (exact) mass is 287 g/mol. The molecule has 2 N–H and O–H groups in total. The molecule has 0 unspecified atom stereocenters. The van der Waals surface area contributed by atoms with Gasteiger partial charge in [0.2, 0.25) is 0 Å². The number of pyridine rings is 1. The summed E-state index contributed by atoms with van der Waals surface area (Å²) in [7, 11) is 0. The highest BCUT2D eigenvalue weighted by Crippen LogP contribution is 2.29. The van der Waals surface area contributed by atoms with Crippen molar-refractivity contribution >= 4 is 23.0 Å². The molecule has 2 rings (SSSR count). The Hall–Kier alpha value is -2.96. The third kappa shape index (κ3) is 3.14. The van der Waals surface area contributed by atoms with E-state index in [1.165, 1.54) is 12.1 Å². The zero-order valence-corrected chi connectivity index (χ0v) is 11.5. The van der Waals surface area contributed by atoms with Gasteiger partial charge >= 0.3 is 5.97 Å². The molecule has 1 aromatic carbocycles. The Morgan fingerprint density at radius 1 is 1.24 bits per heavy atom. The largest absolute Gasteiger partial charge is 0.478 e. The van der Waals surface area contributed by atoms with Crippen LogP contribution in [0, 0.1) is 24.0 Å². The number of hydrogen-bond donors (Lipinski definition) is 2. The first-order chi connectivity index (χ1) is 9.88. The van der Waals surface area contributed by atoms with E-state index in [-0.39, 0.29) is 16.9 Å². The summed E-state index contributed by atoms with van der Waals surface area (Å²) in [5.74, 6) is -1.21. The van der Waals surface area contributed by atoms with Crippen molar-refractivity contribution in [2.75, 3.05) is 5.32 Å². The molecule has 0 amide bonds. The van der Waals surface area contributed by atoms with Crippen LogP contribution in [-0.4, -0.2) is 21.0 Å². The number of hydrogen-bond acceptors (Lipinski definition) is 5. The number of benzene rings is 1. The van der Waals surface area contributed by atoms with Gasteiger partial charge in [-0.25, -0.2) is 4.79 Å². The fraction of sp³-hybridized carbons (Fsp3) is 0.143. The maximum atomic E-state index is 11.1. The average molecular weight is 287 g/mol. The number of aromatic carboxylic acids is 1. The highest BCUT2D eigenvalue weighted by molar-refractivity contribution is 5.90. The Morgan fingerprint density at radius 2 is 1.90 bits per heavy atom. The number of aromatic nitrogens is 1. The molecule has 0 aliphatic rings. The molecule has 0 saturated heterocycles. The lowest BCUT2D eigenvalue weighted by Crippen LogP contribution is -2.03. The Balaban J connectivity index is 2.44. The van der Waals surface area contributed by atoms with E-state index in [0.29, 0.717) is 11.4 Å². The van der Waals surface area contributed by atoms with Crippen molar-refractivity contribution < 1.29 is 14.8 Å². The number of nitrogens with one attached hydrogen (secondary N) is 1. The van der Waals surface area contributed by atoms with Crippen LogP contribution in [0.1, 0.15) is 21.7 Å². The Kier molecular flexibility index (Phi) is 3.84. The predicted octanol–water partition coefficient (Wildman–Crippen LogP) is 3.05. The number of aryl methyl sites for hydroxylation is 2. The minimum absolute atomic E-state index is 0.133. The van der Waals surface area contributed by atoms with Crippen LogP contribution in [0.3, 0.4) is 0 Å². The van der Waals surface area contributed by atoms with Gasteiger partial charge in [0, 0.05) is 11.8 Å². The van der Waals surface area contributed by atoms with E-state index in [1.807, 2.05) is 6.92 Å². The van der Waals surface area contributed by atoms with Crippen LogP contribution < -0.4 is 5.32 Å². The number of nitro benzene ring substituents is 1. The van der Waals surface area contributed by atoms with Gasteiger partial charge in [-0.1, -0.05) is 0 Å². The van der Waals surface area contributed by atoms with E-state index in [2.05, 4.69) is 10.3 Å². The summed E-state index contributed by atoms with van der Waals surface area (Å²) in [5.41, 5.74) is 1.96. The number of carboxylic acid groups (broad SMARTS) is 1. The molecule has 2 aromatic rings. The van der Waals surface area contributed by atoms with Gasteiger partial charge in [0.15, 0.2) is 0 Å². The van der Waals surface area contributed by atoms with Crippen LogP contribution in [-0.2, 0) is 0 Å². The van der Waals surface area contributed by atoms with Gasteiger partial charge in [-0.15, -0.1) is 0 Å². The molecule has 0 aliphatic heterocycles. The molecule has 1 heterocycles. The van der Waals surface area contributed by atoms with Crippen LogP contribution in [0.15, 0.2) is 30.3 Å². The lowest BCUT2D eigenvalue weighted by atomic mass is 10.1. The van der Waals surface area contributed by atoms with E-state index in [4.69, 9.17) is 5.11 Å². The predicted molar refractivity (Wildman–Crippen MR) is 77.0 cm³/mol. The second-order valence-electron chi connectivity index (χ2n) is 4.50. The summed E-state index contributed by atoms with van der Waals surface area (Å²) >= 11 is 0. The molecule has 7 nitrogen and oxygen atoms in total. The molecular formula is C14H13N3O4. The third-order valence-electron chi connectivity index (χ3n) is 2.94. The van der Waals surface area contributed by atoms with E-state index in [9.17, 15) is 14.9 Å². The van der Waals surface area contributed by atoms with Crippen molar-refractivity contribution in [2.24, 2.45) is 0 Å². The first-order valence-electron chi connectivity index (χ1n) is 6.11. The van der Waals surface area contributed by atoms with Gasteiger partial charge in [-0.3, -0.25) is 15.1 Å². The number of carbonyl (C=O) groups is 1. The number of rotatable bonds is 4. The minimum Gasteiger partial charge on any atom is -0.478 e. The van der Waals surface area contributed by atoms with Crippen LogP contribution in [0.2, 0.25) is 0 Å². The lowest BCUT2D eigenvalue weighted by molar-refractivity contribution is -0.383. The van der Waals surface area contributed by atoms with Crippen LogP contribution in [0.4, 0.5) is 17.1 Å². The van der Waals surface area contributed by atoms with Gasteiger partial charge < -0.3 is 10.4 Å². The zero-order chi connectivity index (χ0) is 15.6. The average Bonchev–Trinajstić information content (AvgIpc) is 2.41. The Labute approximate surface area is 120 Å². The molecular weight excluding hydrogens is 274 g/mol. The molecule has 1 aromatic heterocycles. The fourth-order valence-corrected chi connectivity index (χ4v) is 1.89. The molecule has 0 spiro atoms. The van der Waals surface area contributed by atoms with Crippen molar-refractivity contribution in [2.45, 2.75) is 13.8 Å². The number of anilines is 2. The molecule has 0 bridgehead atoms. The maximum Gasteiger partial charge on any atom is 0.335 e. The first-order valence-corrected chi connectivity index (χ1v) is 6.11. The highest BCUT2D eigenvalue weighted by Gasteiger charge is 2.18. The maximum absolute atomic E-state index is 11.1. The molecule has 0 fully saturated rings. The van der Waals surface area contributed by atoms with Crippen molar-refractivity contribution in [3.8, 4) is 0 Å². The summed E-state index contributed by atoms with van der Waals surface area (Å²) in [6.45, 7) is 3.63. The normalized spacial score (nSPS) is 10.2. The van der Waals surface area contributed by atoms with Crippen molar-refractivity contribution in [3.63, 3.8) is 0 Å². The van der Waals surface area contributed by atoms with Gasteiger partial charge in [0.25, 0.3) is 5.69 Å². The van der Waals surface area contributed by atoms with Crippen molar-refractivity contribution in [3.05, 3.63) is 57.4 Å². The quantitative estimate of drug-likeness (QED) is 0.661. The SMILES string of the molecule is Cc1ccc(Nc2ccc(C(=O)O)cc2[N+](=O)[O-])c(C)n1. The standard InChI is InChI=1S/C14H13N3O4/c1-8-3-5-11(9(2)15-8)16-12-6-4-10(14(18)19)7-13(12)17(20)21/h3-7,16H,1-2H3,(H,18,19). The summed E-state index contributed by atoms with van der Waals surface area (Å²) in [6, 6.07) is 7.27. The van der Waals surface area contributed by atoms with E-state index in [0.717, 1.165) is 11.8 Å². The molecule has 0 saturated carbocycles. The highest BCUT2D eigenvalue weighted by atomic mass is 16.6. The Morgan fingerprint density at radius 3 is 2.48 bits per heavy atom. The molecule has 7 heteroatoms. The zero-order valence-electron chi connectivity index (χ0n) is 11.5. The summed E-state index contributed by atoms with van der Waals surface area (Å²) in [6.07, 6.45) is 0. The van der Waals surface area contributed by atoms with Crippen molar-refractivity contribution in [1.82, 2.24) is 4.98 Å². The van der Waals surface area contributed by atoms with Gasteiger partial charge in [-0.2, -0.15) is 0 Å². The fourth-order valence-electron chi connectivity index (χ4n) is 1.89. The lowest BCUT2D eigenvalue weighted by Gasteiger charge is -2.10. The van der Waals surface area contributed by atoms with E-state index < -0.39 is 10.9 Å². The van der Waals surface area contributed by atoms with Gasteiger partial charge in [0.05, 0.1) is 21.9 Å². The topological polar surface area (TPSA) is 105 Å². The Bertz CT molecular complexity index is 728. The summed E-state index contributed by atoms with van der Waals surface area (Å²) < 4.78 is 0. The summed E-state index contributed by atoms with van der Waals surface area (Å²) in [4.78, 5) is 25.6. The number of carboxylic acids is 1. The van der Waals surface area contributed by atoms with Crippen LogP contribution >= 0.6 is 0 Å². The number of nitrogens with zero attached hydrogens (tertiary/aromatic N) is 2. The van der Waals surface area contributed by atoms with Crippen LogP contribution in [0.25, 0.3) is 0 Å². The molecule has 0 aliphatic carbocycles. The second-order valence-corrected chi connectivity index (χ2v) is 4.50. The molecule has 0 atom stereocenters. The van der Waals surface area contributed by atoms with E-state index in [1.54, 1.807) is 19.1 Å². The molecule has 108 valence electrons. The van der Waals surface area contributed by atoms with Crippen LogP contribution in [0.5, 0.6) is 0 Å². The van der Waals surface area contributed by atoms with Gasteiger partial charge in [-0.05, 0) is 38.1 Å². The van der Waals surface area contributed by atoms with Crippen molar-refractivity contribution in [1.29, 1.82) is 0 Å². The van der Waals surface area contributed by atoms with E-state index >= 15 is 0 Å². The second kappa shape index (κ2) is 5.58. The summed E-state index contributed by atoms with van der Waals surface area (Å²) in [5, 5.41) is 22.9.